The van der Waals surface area contributed by atoms with Crippen molar-refractivity contribution >= 4 is 51.9 Å². The number of methoxy groups -OCH3 is 1. The molecule has 1 aromatic rings. The van der Waals surface area contributed by atoms with Crippen LogP contribution in [0, 0.1) is 5.92 Å². The van der Waals surface area contributed by atoms with Crippen molar-refractivity contribution in [3.63, 3.8) is 0 Å². The first-order valence-electron chi connectivity index (χ1n) is 9.22. The van der Waals surface area contributed by atoms with Crippen LogP contribution < -0.4 is 0 Å². The van der Waals surface area contributed by atoms with Crippen LogP contribution in [0.5, 0.6) is 0 Å². The molecule has 0 saturated carbocycles. The molecular weight excluding hydrogens is 510 g/mol. The zero-order valence-electron chi connectivity index (χ0n) is 17.4. The number of ether oxygens (including phenoxy) is 1. The minimum Gasteiger partial charge on any atom is -0.467 e. The summed E-state index contributed by atoms with van der Waals surface area (Å²) in [5.74, 6) is -2.04. The average molecular weight is 539 g/mol. The Morgan fingerprint density at radius 3 is 2.36 bits per heavy atom. The molecule has 2 rings (SSSR count). The number of carbonyl (C=O) groups is 2. The lowest BCUT2D eigenvalue weighted by Crippen LogP contribution is -2.45. The molecule has 1 aliphatic rings. The minimum absolute atomic E-state index is 0.0671. The lowest BCUT2D eigenvalue weighted by atomic mass is 9.80. The lowest BCUT2D eigenvalue weighted by molar-refractivity contribution is -0.172. The standard InChI is InChI=1S/C19H29Br2NO5Si/c1-11(23)15-13(8-9-27-28(6,7)18(2,3)4)22-14(10-12(20)16(22)21)19(15,25)17(24)26-5/h10,13,15,25H,8-9H2,1-7H3. The lowest BCUT2D eigenvalue weighted by Gasteiger charge is -2.37. The highest BCUT2D eigenvalue weighted by Gasteiger charge is 2.60. The van der Waals surface area contributed by atoms with E-state index in [9.17, 15) is 14.7 Å². The minimum atomic E-state index is -2.03. The quantitative estimate of drug-likeness (QED) is 0.424. The van der Waals surface area contributed by atoms with Crippen molar-refractivity contribution in [1.29, 1.82) is 0 Å². The predicted molar refractivity (Wildman–Crippen MR) is 117 cm³/mol. The van der Waals surface area contributed by atoms with Crippen molar-refractivity contribution in [1.82, 2.24) is 4.57 Å². The maximum Gasteiger partial charge on any atom is 0.345 e. The van der Waals surface area contributed by atoms with E-state index < -0.39 is 31.8 Å². The number of halogens is 2. The van der Waals surface area contributed by atoms with Crippen LogP contribution >= 0.6 is 31.9 Å². The van der Waals surface area contributed by atoms with Crippen molar-refractivity contribution in [2.45, 2.75) is 63.9 Å². The highest BCUT2D eigenvalue weighted by molar-refractivity contribution is 9.13. The Labute approximate surface area is 184 Å². The number of hydrogen-bond donors (Lipinski definition) is 1. The summed E-state index contributed by atoms with van der Waals surface area (Å²) in [5, 5.41) is 11.4. The number of aliphatic hydroxyl groups is 1. The molecule has 2 heterocycles. The first-order chi connectivity index (χ1) is 12.7. The summed E-state index contributed by atoms with van der Waals surface area (Å²) in [5.41, 5.74) is -1.69. The van der Waals surface area contributed by atoms with Gasteiger partial charge >= 0.3 is 5.97 Å². The molecule has 0 saturated heterocycles. The molecule has 0 fully saturated rings. The number of esters is 1. The molecule has 9 heteroatoms. The fourth-order valence-electron chi connectivity index (χ4n) is 3.57. The fraction of sp³-hybridized carbons (Fsp3) is 0.684. The van der Waals surface area contributed by atoms with Gasteiger partial charge in [-0.3, -0.25) is 4.79 Å². The van der Waals surface area contributed by atoms with Crippen LogP contribution in [-0.4, -0.2) is 43.5 Å². The van der Waals surface area contributed by atoms with Gasteiger partial charge in [-0.25, -0.2) is 4.79 Å². The van der Waals surface area contributed by atoms with Gasteiger partial charge in [0.25, 0.3) is 0 Å². The number of ketones is 1. The van der Waals surface area contributed by atoms with E-state index in [-0.39, 0.29) is 10.8 Å². The van der Waals surface area contributed by atoms with Gasteiger partial charge in [-0.15, -0.1) is 0 Å². The summed E-state index contributed by atoms with van der Waals surface area (Å²) < 4.78 is 14.3. The molecule has 0 aliphatic carbocycles. The Morgan fingerprint density at radius 2 is 1.89 bits per heavy atom. The zero-order chi connectivity index (χ0) is 21.7. The van der Waals surface area contributed by atoms with E-state index >= 15 is 0 Å². The first-order valence-corrected chi connectivity index (χ1v) is 13.7. The smallest absolute Gasteiger partial charge is 0.345 e. The van der Waals surface area contributed by atoms with Crippen LogP contribution in [-0.2, 0) is 24.4 Å². The third kappa shape index (κ3) is 3.80. The van der Waals surface area contributed by atoms with Gasteiger partial charge in [0.15, 0.2) is 8.32 Å². The van der Waals surface area contributed by atoms with Gasteiger partial charge in [0.05, 0.1) is 33.8 Å². The maximum atomic E-state index is 12.6. The highest BCUT2D eigenvalue weighted by atomic mass is 79.9. The Balaban J connectivity index is 2.43. The van der Waals surface area contributed by atoms with E-state index in [1.165, 1.54) is 14.0 Å². The monoisotopic (exact) mass is 537 g/mol. The van der Waals surface area contributed by atoms with Gasteiger partial charge in [-0.1, -0.05) is 20.8 Å². The summed E-state index contributed by atoms with van der Waals surface area (Å²) in [6.07, 6.45) is 0.489. The summed E-state index contributed by atoms with van der Waals surface area (Å²) in [6, 6.07) is 1.23. The van der Waals surface area contributed by atoms with Crippen molar-refractivity contribution in [2.24, 2.45) is 5.92 Å². The molecule has 0 spiro atoms. The third-order valence-corrected chi connectivity index (χ3v) is 12.6. The van der Waals surface area contributed by atoms with Gasteiger partial charge in [-0.2, -0.15) is 0 Å². The van der Waals surface area contributed by atoms with Gasteiger partial charge in [0.2, 0.25) is 5.60 Å². The molecule has 3 unspecified atom stereocenters. The van der Waals surface area contributed by atoms with Crippen molar-refractivity contribution in [3.8, 4) is 0 Å². The molecule has 3 atom stereocenters. The van der Waals surface area contributed by atoms with E-state index in [0.717, 1.165) is 0 Å². The van der Waals surface area contributed by atoms with Crippen LogP contribution in [0.15, 0.2) is 15.1 Å². The third-order valence-electron chi connectivity index (χ3n) is 6.11. The molecule has 1 N–H and O–H groups in total. The first kappa shape index (κ1) is 23.8. The Kier molecular flexibility index (Phi) is 6.78. The second-order valence-electron chi connectivity index (χ2n) is 8.85. The van der Waals surface area contributed by atoms with E-state index in [1.807, 2.05) is 4.57 Å². The molecule has 1 aromatic heterocycles. The molecule has 0 bridgehead atoms. The number of nitrogens with zero attached hydrogens (tertiary/aromatic N) is 1. The topological polar surface area (TPSA) is 77.8 Å². The highest BCUT2D eigenvalue weighted by Crippen LogP contribution is 2.52. The van der Waals surface area contributed by atoms with Crippen LogP contribution in [0.25, 0.3) is 0 Å². The average Bonchev–Trinajstić information content (AvgIpc) is 2.99. The number of aromatic nitrogens is 1. The number of carbonyl (C=O) groups excluding carboxylic acids is 2. The second-order valence-corrected chi connectivity index (χ2v) is 15.3. The number of hydrogen-bond acceptors (Lipinski definition) is 5. The molecule has 0 aromatic carbocycles. The molecule has 1 aliphatic heterocycles. The van der Waals surface area contributed by atoms with E-state index in [2.05, 4.69) is 65.7 Å². The number of rotatable bonds is 6. The largest absolute Gasteiger partial charge is 0.467 e. The summed E-state index contributed by atoms with van der Waals surface area (Å²) >= 11 is 6.95. The van der Waals surface area contributed by atoms with E-state index in [0.29, 0.717) is 27.8 Å². The number of Topliss-reactive ketones (excluding diaryl/α,β-unsaturated/α-hetero) is 1. The predicted octanol–water partition coefficient (Wildman–Crippen LogP) is 4.55. The number of fused-ring (bicyclic) bond motifs is 1. The fourth-order valence-corrected chi connectivity index (χ4v) is 5.61. The molecule has 0 radical (unpaired) electrons. The SMILES string of the molecule is COC(=O)C1(O)c2cc(Br)c(Br)n2C(CCO[Si](C)(C)C(C)(C)C)C1C(C)=O. The summed E-state index contributed by atoms with van der Waals surface area (Å²) in [4.78, 5) is 25.1. The van der Waals surface area contributed by atoms with Crippen LogP contribution in [0.4, 0.5) is 0 Å². The molecule has 0 amide bonds. The zero-order valence-corrected chi connectivity index (χ0v) is 21.6. The molecular formula is C19H29Br2NO5Si. The normalized spacial score (nSPS) is 24.9. The van der Waals surface area contributed by atoms with Crippen molar-refractivity contribution in [3.05, 3.63) is 20.8 Å². The Bertz CT molecular complexity index is 786. The Morgan fingerprint density at radius 1 is 1.32 bits per heavy atom. The molecule has 6 nitrogen and oxygen atoms in total. The second kappa shape index (κ2) is 7.98. The van der Waals surface area contributed by atoms with Crippen LogP contribution in [0.2, 0.25) is 18.1 Å². The van der Waals surface area contributed by atoms with Crippen molar-refractivity contribution in [2.75, 3.05) is 13.7 Å². The van der Waals surface area contributed by atoms with E-state index in [1.54, 1.807) is 6.07 Å². The van der Waals surface area contributed by atoms with Gasteiger partial charge in [-0.05, 0) is 69.4 Å². The van der Waals surface area contributed by atoms with Gasteiger partial charge < -0.3 is 18.8 Å². The van der Waals surface area contributed by atoms with Gasteiger partial charge in [0.1, 0.15) is 5.78 Å². The molecule has 158 valence electrons. The van der Waals surface area contributed by atoms with Crippen LogP contribution in [0.3, 0.4) is 0 Å². The Hall–Kier alpha value is -0.483. The maximum absolute atomic E-state index is 12.6. The van der Waals surface area contributed by atoms with Crippen molar-refractivity contribution < 1.29 is 23.9 Å². The summed E-state index contributed by atoms with van der Waals surface area (Å²) in [6.45, 7) is 12.7. The molecule has 28 heavy (non-hydrogen) atoms. The van der Waals surface area contributed by atoms with Crippen LogP contribution in [0.1, 0.15) is 45.9 Å². The van der Waals surface area contributed by atoms with E-state index in [4.69, 9.17) is 9.16 Å². The summed E-state index contributed by atoms with van der Waals surface area (Å²) in [7, 11) is -0.749. The van der Waals surface area contributed by atoms with Gasteiger partial charge in [0, 0.05) is 6.61 Å².